The molecule has 0 radical (unpaired) electrons. The molecule has 22 heavy (non-hydrogen) atoms. The van der Waals surface area contributed by atoms with Crippen LogP contribution in [-0.4, -0.2) is 44.4 Å². The Hall–Kier alpha value is -1.50. The van der Waals surface area contributed by atoms with Gasteiger partial charge in [0.05, 0.1) is 4.90 Å². The normalized spacial score (nSPS) is 17.9. The van der Waals surface area contributed by atoms with Crippen molar-refractivity contribution in [1.82, 2.24) is 14.6 Å². The van der Waals surface area contributed by atoms with Crippen LogP contribution in [0.3, 0.4) is 0 Å². The van der Waals surface area contributed by atoms with Crippen LogP contribution in [0.15, 0.2) is 41.6 Å². The molecule has 0 unspecified atom stereocenters. The fraction of sp³-hybridized carbons (Fsp3) is 0.438. The summed E-state index contributed by atoms with van der Waals surface area (Å²) in [5, 5.41) is 4.77. The lowest BCUT2D eigenvalue weighted by Crippen LogP contribution is -2.40. The summed E-state index contributed by atoms with van der Waals surface area (Å²) in [6.07, 6.45) is 5.16. The highest BCUT2D eigenvalue weighted by molar-refractivity contribution is 7.89. The van der Waals surface area contributed by atoms with Gasteiger partial charge in [0.15, 0.2) is 0 Å². The first-order chi connectivity index (χ1) is 10.6. The lowest BCUT2D eigenvalue weighted by atomic mass is 9.98. The molecule has 0 spiro atoms. The van der Waals surface area contributed by atoms with Crippen LogP contribution in [0.4, 0.5) is 0 Å². The van der Waals surface area contributed by atoms with Crippen LogP contribution in [0.2, 0.25) is 0 Å². The molecule has 0 saturated carbocycles. The van der Waals surface area contributed by atoms with Crippen molar-refractivity contribution in [3.63, 3.8) is 0 Å². The Labute approximate surface area is 131 Å². The van der Waals surface area contributed by atoms with Gasteiger partial charge in [-0.2, -0.15) is 4.31 Å². The van der Waals surface area contributed by atoms with Gasteiger partial charge in [-0.15, -0.1) is 0 Å². The molecule has 0 amide bonds. The van der Waals surface area contributed by atoms with Gasteiger partial charge in [0.1, 0.15) is 0 Å². The molecule has 1 aliphatic rings. The average molecular weight is 319 g/mol. The van der Waals surface area contributed by atoms with E-state index in [-0.39, 0.29) is 0 Å². The highest BCUT2D eigenvalue weighted by Crippen LogP contribution is 2.28. The monoisotopic (exact) mass is 319 g/mol. The third-order valence-electron chi connectivity index (χ3n) is 4.32. The zero-order chi connectivity index (χ0) is 15.6. The predicted octanol–water partition coefficient (Wildman–Crippen LogP) is 1.85. The number of nitrogens with one attached hydrogen (secondary N) is 1. The van der Waals surface area contributed by atoms with Gasteiger partial charge >= 0.3 is 0 Å². The molecule has 0 atom stereocenters. The molecular formula is C16H21N3O2S. The van der Waals surface area contributed by atoms with E-state index in [9.17, 15) is 8.42 Å². The van der Waals surface area contributed by atoms with Crippen LogP contribution >= 0.6 is 0 Å². The van der Waals surface area contributed by atoms with Crippen molar-refractivity contribution in [2.24, 2.45) is 5.92 Å². The van der Waals surface area contributed by atoms with E-state index in [1.165, 1.54) is 0 Å². The smallest absolute Gasteiger partial charge is 0.243 e. The quantitative estimate of drug-likeness (QED) is 0.934. The van der Waals surface area contributed by atoms with E-state index in [0.29, 0.717) is 23.9 Å². The van der Waals surface area contributed by atoms with Crippen molar-refractivity contribution in [3.05, 3.63) is 36.7 Å². The number of aromatic nitrogens is 1. The third-order valence-corrected chi connectivity index (χ3v) is 6.28. The molecule has 118 valence electrons. The fourth-order valence-corrected chi connectivity index (χ4v) is 4.78. The van der Waals surface area contributed by atoms with Gasteiger partial charge in [-0.1, -0.05) is 12.1 Å². The highest BCUT2D eigenvalue weighted by Gasteiger charge is 2.30. The van der Waals surface area contributed by atoms with E-state index in [1.54, 1.807) is 34.9 Å². The largest absolute Gasteiger partial charge is 0.319 e. The molecule has 5 nitrogen and oxygen atoms in total. The maximum atomic E-state index is 13.0. The minimum Gasteiger partial charge on any atom is -0.319 e. The molecule has 0 bridgehead atoms. The maximum Gasteiger partial charge on any atom is 0.243 e. The zero-order valence-corrected chi connectivity index (χ0v) is 13.5. The van der Waals surface area contributed by atoms with E-state index in [0.717, 1.165) is 30.2 Å². The van der Waals surface area contributed by atoms with Crippen molar-refractivity contribution in [1.29, 1.82) is 0 Å². The minimum absolute atomic E-state index is 0.388. The molecular weight excluding hydrogens is 298 g/mol. The van der Waals surface area contributed by atoms with Gasteiger partial charge in [-0.05, 0) is 44.5 Å². The summed E-state index contributed by atoms with van der Waals surface area (Å²) >= 11 is 0. The SMILES string of the molecule is CNCC1CCN(S(=O)(=O)c2cccc3cnccc23)CC1. The number of sulfonamides is 1. The van der Waals surface area contributed by atoms with Gasteiger partial charge in [0, 0.05) is 36.3 Å². The fourth-order valence-electron chi connectivity index (χ4n) is 3.10. The Balaban J connectivity index is 1.90. The van der Waals surface area contributed by atoms with Crippen molar-refractivity contribution in [2.75, 3.05) is 26.7 Å². The summed E-state index contributed by atoms with van der Waals surface area (Å²) in [7, 11) is -1.50. The zero-order valence-electron chi connectivity index (χ0n) is 12.7. The lowest BCUT2D eigenvalue weighted by Gasteiger charge is -2.31. The minimum atomic E-state index is -3.44. The first kappa shape index (κ1) is 15.4. The molecule has 1 aliphatic heterocycles. The Kier molecular flexibility index (Phi) is 4.42. The van der Waals surface area contributed by atoms with E-state index < -0.39 is 10.0 Å². The number of benzene rings is 1. The van der Waals surface area contributed by atoms with E-state index in [4.69, 9.17) is 0 Å². The number of fused-ring (bicyclic) bond motifs is 1. The van der Waals surface area contributed by atoms with Gasteiger partial charge in [-0.3, -0.25) is 4.98 Å². The molecule has 3 rings (SSSR count). The van der Waals surface area contributed by atoms with Crippen LogP contribution in [0, 0.1) is 5.92 Å². The van der Waals surface area contributed by atoms with E-state index >= 15 is 0 Å². The van der Waals surface area contributed by atoms with Gasteiger partial charge in [-0.25, -0.2) is 8.42 Å². The summed E-state index contributed by atoms with van der Waals surface area (Å²) < 4.78 is 27.5. The second kappa shape index (κ2) is 6.32. The van der Waals surface area contributed by atoms with Crippen molar-refractivity contribution in [2.45, 2.75) is 17.7 Å². The number of rotatable bonds is 4. The van der Waals surface area contributed by atoms with Crippen LogP contribution in [0.5, 0.6) is 0 Å². The van der Waals surface area contributed by atoms with Crippen molar-refractivity contribution < 1.29 is 8.42 Å². The predicted molar refractivity (Wildman–Crippen MR) is 87.2 cm³/mol. The number of pyridine rings is 1. The number of hydrogen-bond acceptors (Lipinski definition) is 4. The van der Waals surface area contributed by atoms with Crippen LogP contribution in [0.25, 0.3) is 10.8 Å². The van der Waals surface area contributed by atoms with E-state index in [2.05, 4.69) is 10.3 Å². The van der Waals surface area contributed by atoms with Gasteiger partial charge in [0.25, 0.3) is 0 Å². The van der Waals surface area contributed by atoms with Crippen LogP contribution in [0.1, 0.15) is 12.8 Å². The van der Waals surface area contributed by atoms with Gasteiger partial charge in [0.2, 0.25) is 10.0 Å². The Morgan fingerprint density at radius 2 is 2.05 bits per heavy atom. The molecule has 0 aliphatic carbocycles. The molecule has 1 aromatic heterocycles. The molecule has 1 fully saturated rings. The van der Waals surface area contributed by atoms with Crippen molar-refractivity contribution in [3.8, 4) is 0 Å². The molecule has 2 aromatic rings. The number of piperidine rings is 1. The molecule has 2 heterocycles. The van der Waals surface area contributed by atoms with Crippen molar-refractivity contribution >= 4 is 20.8 Å². The molecule has 6 heteroatoms. The lowest BCUT2D eigenvalue weighted by molar-refractivity contribution is 0.271. The third kappa shape index (κ3) is 2.86. The molecule has 1 N–H and O–H groups in total. The average Bonchev–Trinajstić information content (AvgIpc) is 2.55. The van der Waals surface area contributed by atoms with E-state index in [1.807, 2.05) is 13.1 Å². The Morgan fingerprint density at radius 1 is 1.27 bits per heavy atom. The first-order valence-corrected chi connectivity index (χ1v) is 9.04. The highest BCUT2D eigenvalue weighted by atomic mass is 32.2. The van der Waals surface area contributed by atoms with Crippen LogP contribution in [-0.2, 0) is 10.0 Å². The Bertz CT molecular complexity index is 748. The molecule has 1 saturated heterocycles. The summed E-state index contributed by atoms with van der Waals surface area (Å²) in [4.78, 5) is 4.45. The second-order valence-corrected chi connectivity index (χ2v) is 7.66. The number of hydrogen-bond donors (Lipinski definition) is 1. The topological polar surface area (TPSA) is 62.3 Å². The first-order valence-electron chi connectivity index (χ1n) is 7.60. The Morgan fingerprint density at radius 3 is 2.77 bits per heavy atom. The summed E-state index contributed by atoms with van der Waals surface area (Å²) in [5.41, 5.74) is 0. The molecule has 1 aromatic carbocycles. The second-order valence-electron chi connectivity index (χ2n) is 5.76. The van der Waals surface area contributed by atoms with Gasteiger partial charge < -0.3 is 5.32 Å². The summed E-state index contributed by atoms with van der Waals surface area (Å²) in [6.45, 7) is 2.14. The standard InChI is InChI=1S/C16H21N3O2S/c1-17-11-13-6-9-19(10-7-13)22(20,21)16-4-2-3-14-12-18-8-5-15(14)16/h2-5,8,12-13,17H,6-7,9-11H2,1H3. The number of nitrogens with zero attached hydrogens (tertiary/aromatic N) is 2. The summed E-state index contributed by atoms with van der Waals surface area (Å²) in [5.74, 6) is 0.563. The summed E-state index contributed by atoms with van der Waals surface area (Å²) in [6, 6.07) is 7.14. The van der Waals surface area contributed by atoms with Crippen LogP contribution < -0.4 is 5.32 Å². The maximum absolute atomic E-state index is 13.0.